The summed E-state index contributed by atoms with van der Waals surface area (Å²) in [5.74, 6) is 1.72. The Balaban J connectivity index is 0.000000733. The molecule has 1 atom stereocenters. The van der Waals surface area contributed by atoms with Crippen molar-refractivity contribution in [1.82, 2.24) is 9.62 Å². The minimum absolute atomic E-state index is 0.0537. The van der Waals surface area contributed by atoms with Gasteiger partial charge in [-0.3, -0.25) is 9.10 Å². The van der Waals surface area contributed by atoms with Gasteiger partial charge in [-0.25, -0.2) is 8.60 Å². The topological polar surface area (TPSA) is 58.6 Å². The molecule has 2 aromatic carbocycles. The maximum absolute atomic E-state index is 13.3. The predicted octanol–water partition coefficient (Wildman–Crippen LogP) is 6.02. The Morgan fingerprint density at radius 2 is 1.73 bits per heavy atom. The molecule has 7 heteroatoms. The number of benzene rings is 2. The van der Waals surface area contributed by atoms with Crippen LogP contribution < -0.4 is 5.32 Å². The maximum atomic E-state index is 13.3. The molecule has 1 fully saturated rings. The van der Waals surface area contributed by atoms with Gasteiger partial charge in [0, 0.05) is 43.0 Å². The quantitative estimate of drug-likeness (QED) is 0.385. The fourth-order valence-corrected chi connectivity index (χ4v) is 5.67. The number of carbonyl (C=O) groups excluding carboxylic acids is 1. The normalized spacial score (nSPS) is 16.5. The molecule has 1 amide bonds. The molecule has 1 spiro atoms. The maximum Gasteiger partial charge on any atom is 0.251 e. The predicted molar refractivity (Wildman–Crippen MR) is 148 cm³/mol. The van der Waals surface area contributed by atoms with E-state index in [2.05, 4.69) is 31.2 Å². The van der Waals surface area contributed by atoms with E-state index >= 15 is 0 Å². The number of carbonyl (C=O) groups is 1. The van der Waals surface area contributed by atoms with Gasteiger partial charge in [0.05, 0.1) is 4.90 Å². The van der Waals surface area contributed by atoms with E-state index in [9.17, 15) is 13.4 Å². The summed E-state index contributed by atoms with van der Waals surface area (Å²) in [5.41, 5.74) is 3.75. The van der Waals surface area contributed by atoms with Crippen LogP contribution >= 0.6 is 0 Å². The molecule has 2 heterocycles. The molecule has 2 aliphatic heterocycles. The SMILES string of the molecule is C#CC.C=CC.CC1=C(C)C2(CCOCC2)CN1S(=O)c1ccc(C(=O)NCc2ccc(F)cc2)cc1. The van der Waals surface area contributed by atoms with Gasteiger partial charge < -0.3 is 10.1 Å². The van der Waals surface area contributed by atoms with Crippen molar-refractivity contribution in [2.24, 2.45) is 5.41 Å². The van der Waals surface area contributed by atoms with E-state index in [0.29, 0.717) is 17.0 Å². The number of ether oxygens (including phenoxy) is 1. The molecule has 1 N–H and O–H groups in total. The average Bonchev–Trinajstić information content (AvgIpc) is 3.14. The van der Waals surface area contributed by atoms with Gasteiger partial charge in [0.1, 0.15) is 5.82 Å². The van der Waals surface area contributed by atoms with Gasteiger partial charge in [0.15, 0.2) is 11.0 Å². The molecule has 0 radical (unpaired) electrons. The van der Waals surface area contributed by atoms with Crippen molar-refractivity contribution in [3.8, 4) is 12.3 Å². The van der Waals surface area contributed by atoms with Gasteiger partial charge in [-0.2, -0.15) is 0 Å². The van der Waals surface area contributed by atoms with Crippen LogP contribution in [0.4, 0.5) is 4.39 Å². The molecular weight excluding hydrogens is 487 g/mol. The van der Waals surface area contributed by atoms with Crippen LogP contribution in [0.15, 0.2) is 77.4 Å². The zero-order valence-corrected chi connectivity index (χ0v) is 23.0. The Hall–Kier alpha value is -3.21. The molecule has 0 aliphatic carbocycles. The molecule has 5 nitrogen and oxygen atoms in total. The summed E-state index contributed by atoms with van der Waals surface area (Å²) in [6.45, 7) is 13.6. The van der Waals surface area contributed by atoms with Crippen LogP contribution in [0.5, 0.6) is 0 Å². The smallest absolute Gasteiger partial charge is 0.251 e. The number of rotatable bonds is 5. The van der Waals surface area contributed by atoms with E-state index in [-0.39, 0.29) is 17.1 Å². The first-order chi connectivity index (χ1) is 17.7. The van der Waals surface area contributed by atoms with Gasteiger partial charge in [-0.05, 0) is 88.1 Å². The molecule has 1 saturated heterocycles. The summed E-state index contributed by atoms with van der Waals surface area (Å²) < 4.78 is 33.8. The zero-order valence-electron chi connectivity index (χ0n) is 22.2. The van der Waals surface area contributed by atoms with Crippen LogP contribution in [0.3, 0.4) is 0 Å². The Bertz CT molecular complexity index is 1140. The summed E-state index contributed by atoms with van der Waals surface area (Å²) in [7, 11) is -1.33. The third-order valence-electron chi connectivity index (χ3n) is 6.49. The van der Waals surface area contributed by atoms with Crippen molar-refractivity contribution >= 4 is 16.9 Å². The van der Waals surface area contributed by atoms with Crippen LogP contribution in [-0.2, 0) is 22.3 Å². The highest BCUT2D eigenvalue weighted by Gasteiger charge is 2.44. The van der Waals surface area contributed by atoms with Crippen LogP contribution in [0.2, 0.25) is 0 Å². The van der Waals surface area contributed by atoms with E-state index in [4.69, 9.17) is 4.74 Å². The number of amides is 1. The van der Waals surface area contributed by atoms with Crippen molar-refractivity contribution in [2.75, 3.05) is 19.8 Å². The molecule has 0 saturated carbocycles. The van der Waals surface area contributed by atoms with Gasteiger partial charge in [-0.15, -0.1) is 18.9 Å². The summed E-state index contributed by atoms with van der Waals surface area (Å²) in [6.07, 6.45) is 8.26. The monoisotopic (exact) mass is 524 g/mol. The van der Waals surface area contributed by atoms with Crippen LogP contribution in [-0.4, -0.2) is 34.2 Å². The number of hydrogen-bond acceptors (Lipinski definition) is 3. The summed E-state index contributed by atoms with van der Waals surface area (Å²) in [6, 6.07) is 12.9. The van der Waals surface area contributed by atoms with E-state index in [1.807, 2.05) is 18.2 Å². The highest BCUT2D eigenvalue weighted by molar-refractivity contribution is 7.82. The lowest BCUT2D eigenvalue weighted by Gasteiger charge is -2.35. The molecule has 2 aromatic rings. The summed E-state index contributed by atoms with van der Waals surface area (Å²) in [4.78, 5) is 13.1. The Kier molecular flexibility index (Phi) is 11.8. The lowest BCUT2D eigenvalue weighted by atomic mass is 9.76. The summed E-state index contributed by atoms with van der Waals surface area (Å²) in [5, 5.41) is 2.82. The number of hydrogen-bond donors (Lipinski definition) is 1. The molecule has 4 rings (SSSR count). The lowest BCUT2D eigenvalue weighted by molar-refractivity contribution is 0.0338. The highest BCUT2D eigenvalue weighted by Crippen LogP contribution is 2.46. The van der Waals surface area contributed by atoms with Gasteiger partial charge in [0.2, 0.25) is 0 Å². The second-order valence-electron chi connectivity index (χ2n) is 8.92. The fraction of sp³-hybridized carbons (Fsp3) is 0.367. The Morgan fingerprint density at radius 1 is 1.19 bits per heavy atom. The van der Waals surface area contributed by atoms with Gasteiger partial charge >= 0.3 is 0 Å². The van der Waals surface area contributed by atoms with E-state index in [1.54, 1.807) is 49.4 Å². The first-order valence-electron chi connectivity index (χ1n) is 12.2. The number of nitrogens with one attached hydrogen (secondary N) is 1. The van der Waals surface area contributed by atoms with E-state index < -0.39 is 11.0 Å². The van der Waals surface area contributed by atoms with Crippen molar-refractivity contribution in [1.29, 1.82) is 0 Å². The van der Waals surface area contributed by atoms with Gasteiger partial charge in [0.25, 0.3) is 5.91 Å². The first-order valence-corrected chi connectivity index (χ1v) is 13.4. The zero-order chi connectivity index (χ0) is 27.4. The lowest BCUT2D eigenvalue weighted by Crippen LogP contribution is -2.36. The molecule has 0 bridgehead atoms. The fourth-order valence-electron chi connectivity index (χ4n) is 4.30. The third-order valence-corrected chi connectivity index (χ3v) is 7.97. The van der Waals surface area contributed by atoms with Crippen molar-refractivity contribution < 1.29 is 18.1 Å². The molecule has 0 aromatic heterocycles. The van der Waals surface area contributed by atoms with E-state index in [1.165, 1.54) is 17.7 Å². The van der Waals surface area contributed by atoms with Crippen LogP contribution in [0.25, 0.3) is 0 Å². The number of allylic oxidation sites excluding steroid dienone is 2. The first kappa shape index (κ1) is 30.0. The van der Waals surface area contributed by atoms with E-state index in [0.717, 1.165) is 43.9 Å². The number of terminal acetylenes is 1. The average molecular weight is 525 g/mol. The Labute approximate surface area is 223 Å². The molecule has 37 heavy (non-hydrogen) atoms. The molecular formula is C30H37FN2O3S. The minimum Gasteiger partial charge on any atom is -0.381 e. The van der Waals surface area contributed by atoms with Crippen LogP contribution in [0.1, 0.15) is 56.5 Å². The van der Waals surface area contributed by atoms with Crippen molar-refractivity contribution in [2.45, 2.75) is 52.0 Å². The second-order valence-corrected chi connectivity index (χ2v) is 10.3. The Morgan fingerprint density at radius 3 is 2.27 bits per heavy atom. The minimum atomic E-state index is -1.33. The third kappa shape index (κ3) is 7.88. The van der Waals surface area contributed by atoms with Crippen molar-refractivity contribution in [3.05, 3.63) is 89.4 Å². The standard InChI is InChI=1S/C24H27FN2O3S.C3H6.C3H4/c1-17-18(2)27(16-24(17)11-13-30-14-12-24)31(29)22-9-5-20(6-10-22)23(28)26-15-19-3-7-21(25)8-4-19;2*1-3-2/h3-10H,11-16H2,1-2H3,(H,26,28);3H,1H2,2H3;1H,2H3. The van der Waals surface area contributed by atoms with Crippen molar-refractivity contribution in [3.63, 3.8) is 0 Å². The molecule has 198 valence electrons. The van der Waals surface area contributed by atoms with Crippen LogP contribution in [0, 0.1) is 23.6 Å². The number of halogens is 1. The molecule has 1 unspecified atom stereocenters. The highest BCUT2D eigenvalue weighted by atomic mass is 32.2. The number of nitrogens with zero attached hydrogens (tertiary/aromatic N) is 1. The largest absolute Gasteiger partial charge is 0.381 e. The second kappa shape index (κ2) is 14.5. The molecule has 2 aliphatic rings. The van der Waals surface area contributed by atoms with Gasteiger partial charge in [-0.1, -0.05) is 18.2 Å². The summed E-state index contributed by atoms with van der Waals surface area (Å²) >= 11 is 0.